The Morgan fingerprint density at radius 2 is 1.69 bits per heavy atom. The number of carbonyl (C=O) groups excluding carboxylic acids is 2. The van der Waals surface area contributed by atoms with Crippen LogP contribution in [0.5, 0.6) is 5.75 Å². The number of amides is 2. The van der Waals surface area contributed by atoms with Gasteiger partial charge in [0, 0.05) is 18.8 Å². The number of fused-ring (bicyclic) bond motifs is 3. The summed E-state index contributed by atoms with van der Waals surface area (Å²) in [7, 11) is 0. The van der Waals surface area contributed by atoms with Crippen molar-refractivity contribution in [3.8, 4) is 5.75 Å². The van der Waals surface area contributed by atoms with E-state index in [0.29, 0.717) is 49.4 Å². The molecule has 5 rings (SSSR count). The highest BCUT2D eigenvalue weighted by atomic mass is 16.5. The summed E-state index contributed by atoms with van der Waals surface area (Å²) in [6.07, 6.45) is 5.63. The Kier molecular flexibility index (Phi) is 9.91. The predicted molar refractivity (Wildman–Crippen MR) is 181 cm³/mol. The lowest BCUT2D eigenvalue weighted by Gasteiger charge is -2.56. The molecule has 0 aromatic heterocycles. The van der Waals surface area contributed by atoms with Crippen LogP contribution >= 0.6 is 0 Å². The van der Waals surface area contributed by atoms with Gasteiger partial charge in [-0.15, -0.1) is 0 Å². The van der Waals surface area contributed by atoms with Gasteiger partial charge in [0.15, 0.2) is 0 Å². The second-order valence-electron chi connectivity index (χ2n) is 13.7. The number of anilines is 1. The van der Waals surface area contributed by atoms with Gasteiger partial charge in [-0.3, -0.25) is 0 Å². The zero-order chi connectivity index (χ0) is 32.2. The molecule has 3 unspecified atom stereocenters. The van der Waals surface area contributed by atoms with Crippen molar-refractivity contribution in [1.82, 2.24) is 4.90 Å². The molecule has 1 fully saturated rings. The van der Waals surface area contributed by atoms with Crippen LogP contribution in [0.1, 0.15) is 106 Å². The smallest absolute Gasteiger partial charge is 0.338 e. The lowest BCUT2D eigenvalue weighted by Crippen LogP contribution is -2.54. The molecule has 45 heavy (non-hydrogen) atoms. The first-order chi connectivity index (χ1) is 21.6. The van der Waals surface area contributed by atoms with Crippen LogP contribution in [0.4, 0.5) is 10.5 Å². The molecule has 3 aromatic carbocycles. The molecule has 3 atom stereocenters. The fraction of sp³-hybridized carbons (Fsp3) is 0.487. The largest absolute Gasteiger partial charge is 0.494 e. The Morgan fingerprint density at radius 1 is 0.956 bits per heavy atom. The highest BCUT2D eigenvalue weighted by Crippen LogP contribution is 2.57. The number of benzene rings is 3. The molecule has 240 valence electrons. The number of esters is 1. The maximum atomic E-state index is 14.1. The van der Waals surface area contributed by atoms with Gasteiger partial charge < -0.3 is 19.7 Å². The van der Waals surface area contributed by atoms with Crippen LogP contribution in [0.2, 0.25) is 0 Å². The number of nitrogens with zero attached hydrogens (tertiary/aromatic N) is 1. The second-order valence-corrected chi connectivity index (χ2v) is 13.7. The Hall–Kier alpha value is -3.80. The summed E-state index contributed by atoms with van der Waals surface area (Å²) in [6, 6.07) is 22.0. The van der Waals surface area contributed by atoms with Gasteiger partial charge in [0.05, 0.1) is 18.8 Å². The number of nitrogens with one attached hydrogen (secondary N) is 1. The zero-order valence-electron chi connectivity index (χ0n) is 27.9. The van der Waals surface area contributed by atoms with E-state index in [-0.39, 0.29) is 22.8 Å². The van der Waals surface area contributed by atoms with Crippen LogP contribution in [0.3, 0.4) is 0 Å². The van der Waals surface area contributed by atoms with Crippen LogP contribution in [0.15, 0.2) is 66.7 Å². The molecular weight excluding hydrogens is 560 g/mol. The summed E-state index contributed by atoms with van der Waals surface area (Å²) in [6.45, 7) is 15.3. The van der Waals surface area contributed by atoms with Crippen LogP contribution in [-0.2, 0) is 23.1 Å². The van der Waals surface area contributed by atoms with Gasteiger partial charge in [0.2, 0.25) is 0 Å². The molecule has 2 aliphatic rings. The molecule has 2 amide bonds. The average molecular weight is 611 g/mol. The molecule has 0 heterocycles. The van der Waals surface area contributed by atoms with E-state index in [1.54, 1.807) is 31.2 Å². The Morgan fingerprint density at radius 3 is 2.36 bits per heavy atom. The van der Waals surface area contributed by atoms with Gasteiger partial charge in [-0.05, 0) is 121 Å². The van der Waals surface area contributed by atoms with E-state index in [4.69, 9.17) is 9.47 Å². The molecule has 6 nitrogen and oxygen atoms in total. The number of hydrogen-bond acceptors (Lipinski definition) is 4. The highest BCUT2D eigenvalue weighted by molar-refractivity contribution is 5.92. The fourth-order valence-corrected chi connectivity index (χ4v) is 8.01. The van der Waals surface area contributed by atoms with Crippen molar-refractivity contribution in [2.75, 3.05) is 25.1 Å². The lowest BCUT2D eigenvalue weighted by molar-refractivity contribution is 0.00467. The van der Waals surface area contributed by atoms with E-state index < -0.39 is 0 Å². The monoisotopic (exact) mass is 610 g/mol. The Balaban J connectivity index is 1.41. The van der Waals surface area contributed by atoms with E-state index in [2.05, 4.69) is 63.3 Å². The molecule has 0 bridgehead atoms. The van der Waals surface area contributed by atoms with Crippen LogP contribution in [0, 0.1) is 11.3 Å². The van der Waals surface area contributed by atoms with E-state index in [1.807, 2.05) is 24.0 Å². The summed E-state index contributed by atoms with van der Waals surface area (Å²) in [5.74, 6) is 1.45. The van der Waals surface area contributed by atoms with E-state index >= 15 is 0 Å². The first kappa shape index (κ1) is 32.6. The molecule has 1 N–H and O–H groups in total. The van der Waals surface area contributed by atoms with Crippen molar-refractivity contribution >= 4 is 17.7 Å². The van der Waals surface area contributed by atoms with Crippen LogP contribution in [0.25, 0.3) is 0 Å². The van der Waals surface area contributed by atoms with Crippen molar-refractivity contribution in [2.45, 2.75) is 91.5 Å². The second kappa shape index (κ2) is 13.7. The van der Waals surface area contributed by atoms with Crippen molar-refractivity contribution < 1.29 is 19.1 Å². The van der Waals surface area contributed by atoms with Crippen LogP contribution in [-0.4, -0.2) is 36.7 Å². The standard InChI is InChI=1S/C39H50N2O4/c1-7-44-33-18-10-28(11-19-33)25-41(37(43)40-32-16-12-29(13-17-32)36(42)45-8-2)26-38(5)22-9-23-39(6)34-20-14-30(27(3)4)24-31(34)15-21-35(38)39/h10-14,16-20,24,27,35H,7-9,15,21-23,25-26H2,1-6H3,(H,40,43). The minimum absolute atomic E-state index is 0.0439. The van der Waals surface area contributed by atoms with Crippen molar-refractivity contribution in [3.05, 3.63) is 94.5 Å². The average Bonchev–Trinajstić information content (AvgIpc) is 3.02. The predicted octanol–water partition coefficient (Wildman–Crippen LogP) is 9.13. The maximum absolute atomic E-state index is 14.1. The van der Waals surface area contributed by atoms with Crippen molar-refractivity contribution in [1.29, 1.82) is 0 Å². The third kappa shape index (κ3) is 7.05. The lowest BCUT2D eigenvalue weighted by atomic mass is 9.49. The third-order valence-corrected chi connectivity index (χ3v) is 10.3. The van der Waals surface area contributed by atoms with Crippen LogP contribution < -0.4 is 10.1 Å². The van der Waals surface area contributed by atoms with Gasteiger partial charge >= 0.3 is 12.0 Å². The first-order valence-corrected chi connectivity index (χ1v) is 16.7. The minimum atomic E-state index is -0.365. The number of aryl methyl sites for hydroxylation is 1. The van der Waals surface area contributed by atoms with Gasteiger partial charge in [0.25, 0.3) is 0 Å². The molecule has 0 radical (unpaired) electrons. The number of urea groups is 1. The summed E-state index contributed by atoms with van der Waals surface area (Å²) in [5, 5.41) is 3.12. The topological polar surface area (TPSA) is 67.9 Å². The maximum Gasteiger partial charge on any atom is 0.338 e. The molecule has 1 saturated carbocycles. The Bertz CT molecular complexity index is 1480. The van der Waals surface area contributed by atoms with E-state index in [0.717, 1.165) is 37.0 Å². The molecular formula is C39H50N2O4. The van der Waals surface area contributed by atoms with Crippen molar-refractivity contribution in [3.63, 3.8) is 0 Å². The normalized spacial score (nSPS) is 22.2. The summed E-state index contributed by atoms with van der Waals surface area (Å²) in [4.78, 5) is 28.2. The van der Waals surface area contributed by atoms with E-state index in [9.17, 15) is 9.59 Å². The highest BCUT2D eigenvalue weighted by Gasteiger charge is 2.52. The van der Waals surface area contributed by atoms with Crippen molar-refractivity contribution in [2.24, 2.45) is 11.3 Å². The summed E-state index contributed by atoms with van der Waals surface area (Å²) in [5.41, 5.74) is 6.66. The quantitative estimate of drug-likeness (QED) is 0.233. The fourth-order valence-electron chi connectivity index (χ4n) is 8.01. The minimum Gasteiger partial charge on any atom is -0.494 e. The molecule has 0 saturated heterocycles. The van der Waals surface area contributed by atoms with Gasteiger partial charge in [-0.1, -0.05) is 64.4 Å². The number of hydrogen-bond donors (Lipinski definition) is 1. The molecule has 6 heteroatoms. The molecule has 0 spiro atoms. The van der Waals surface area contributed by atoms with E-state index in [1.165, 1.54) is 23.1 Å². The first-order valence-electron chi connectivity index (χ1n) is 16.7. The molecule has 0 aliphatic heterocycles. The van der Waals surface area contributed by atoms with Gasteiger partial charge in [-0.25, -0.2) is 9.59 Å². The summed E-state index contributed by atoms with van der Waals surface area (Å²) >= 11 is 0. The Labute approximate surface area is 269 Å². The molecule has 3 aromatic rings. The third-order valence-electron chi connectivity index (χ3n) is 10.3. The number of ether oxygens (including phenoxy) is 2. The summed E-state index contributed by atoms with van der Waals surface area (Å²) < 4.78 is 10.8. The molecule has 2 aliphatic carbocycles. The number of carbonyl (C=O) groups is 2. The SMILES string of the molecule is CCOC(=O)c1ccc(NC(=O)N(Cc2ccc(OCC)cc2)CC2(C)CCCC3(C)c4ccc(C(C)C)cc4CCC23)cc1. The number of rotatable bonds is 10. The van der Waals surface area contributed by atoms with Gasteiger partial charge in [0.1, 0.15) is 5.75 Å². The van der Waals surface area contributed by atoms with Gasteiger partial charge in [-0.2, -0.15) is 0 Å². The zero-order valence-corrected chi connectivity index (χ0v) is 27.9.